The highest BCUT2D eigenvalue weighted by molar-refractivity contribution is 5.70. The quantitative estimate of drug-likeness (QED) is 0.0259. The SMILES string of the molecule is CCCCCCCCCC/C=C/C/C=C/CCCCCCCCCC(=O)OCC(COCCC(C(=O)[O-])[N+](C)(C)C)OC(=O)CCCCCCCCCCCCCCCCCCCCCCCC. The molecule has 0 heterocycles. The van der Waals surface area contributed by atoms with Crippen molar-refractivity contribution in [3.63, 3.8) is 0 Å². The summed E-state index contributed by atoms with van der Waals surface area (Å²) in [6.45, 7) is 4.71. The number of carboxylic acid groups (broad SMARTS) is 1. The summed E-state index contributed by atoms with van der Waals surface area (Å²) < 4.78 is 17.3. The number of likely N-dealkylation sites (N-methyl/N-ethyl adjacent to an activating group) is 1. The van der Waals surface area contributed by atoms with Crippen LogP contribution in [-0.2, 0) is 28.6 Å². The van der Waals surface area contributed by atoms with E-state index in [1.165, 1.54) is 205 Å². The van der Waals surface area contributed by atoms with Gasteiger partial charge >= 0.3 is 11.9 Å². The number of rotatable bonds is 54. The number of aliphatic carboxylic acids is 1. The monoisotopic (exact) mass is 960 g/mol. The lowest BCUT2D eigenvalue weighted by atomic mass is 10.0. The number of carboxylic acids is 1. The molecule has 0 radical (unpaired) electrons. The van der Waals surface area contributed by atoms with Crippen LogP contribution in [-0.4, -0.2) is 75.5 Å². The number of esters is 2. The van der Waals surface area contributed by atoms with Gasteiger partial charge in [-0.15, -0.1) is 0 Å². The van der Waals surface area contributed by atoms with Crippen LogP contribution >= 0.6 is 0 Å². The smallest absolute Gasteiger partial charge is 0.306 e. The second-order valence-electron chi connectivity index (χ2n) is 21.2. The Morgan fingerprint density at radius 1 is 0.441 bits per heavy atom. The molecule has 0 rings (SSSR count). The molecule has 0 aliphatic heterocycles. The third-order valence-electron chi connectivity index (χ3n) is 13.6. The fourth-order valence-corrected chi connectivity index (χ4v) is 9.05. The lowest BCUT2D eigenvalue weighted by Crippen LogP contribution is -2.55. The van der Waals surface area contributed by atoms with Gasteiger partial charge in [-0.2, -0.15) is 0 Å². The standard InChI is InChI=1S/C60H113NO7/c1-6-8-10-12-14-16-18-20-22-24-26-28-30-32-34-36-38-40-42-44-46-48-50-58(62)67-55-56(54-66-53-52-57(60(64)65)61(3,4)5)68-59(63)51-49-47-45-43-41-39-37-35-33-31-29-27-25-23-21-19-17-15-13-11-9-7-2/h24,26,30,32,56-57H,6-23,25,27-29,31,33-55H2,1-5H3/b26-24+,32-30+. The first kappa shape index (κ1) is 65.8. The van der Waals surface area contributed by atoms with Gasteiger partial charge in [-0.3, -0.25) is 9.59 Å². The number of ether oxygens (including phenoxy) is 3. The largest absolute Gasteiger partial charge is 0.544 e. The molecule has 8 heteroatoms. The van der Waals surface area contributed by atoms with Gasteiger partial charge in [-0.1, -0.05) is 250 Å². The molecule has 400 valence electrons. The van der Waals surface area contributed by atoms with Gasteiger partial charge in [-0.05, 0) is 44.9 Å². The molecular weight excluding hydrogens is 847 g/mol. The van der Waals surface area contributed by atoms with Crippen LogP contribution in [0.4, 0.5) is 0 Å². The Balaban J connectivity index is 4.14. The number of hydrogen-bond acceptors (Lipinski definition) is 7. The fraction of sp³-hybridized carbons (Fsp3) is 0.883. The molecule has 2 atom stereocenters. The predicted molar refractivity (Wildman–Crippen MR) is 287 cm³/mol. The lowest BCUT2D eigenvalue weighted by Gasteiger charge is -2.34. The van der Waals surface area contributed by atoms with E-state index in [9.17, 15) is 19.5 Å². The van der Waals surface area contributed by atoms with E-state index in [1.54, 1.807) is 0 Å². The van der Waals surface area contributed by atoms with Crippen LogP contribution in [0.15, 0.2) is 24.3 Å². The number of carbonyl (C=O) groups is 3. The van der Waals surface area contributed by atoms with E-state index in [-0.39, 0.29) is 42.7 Å². The van der Waals surface area contributed by atoms with Crippen molar-refractivity contribution in [3.05, 3.63) is 24.3 Å². The molecule has 68 heavy (non-hydrogen) atoms. The molecular formula is C60H113NO7. The molecule has 0 aromatic heterocycles. The molecule has 0 bridgehead atoms. The molecule has 0 N–H and O–H groups in total. The van der Waals surface area contributed by atoms with E-state index in [4.69, 9.17) is 14.2 Å². The van der Waals surface area contributed by atoms with Crippen LogP contribution in [0.1, 0.15) is 290 Å². The first-order valence-electron chi connectivity index (χ1n) is 29.4. The van der Waals surface area contributed by atoms with Gasteiger partial charge in [0.15, 0.2) is 6.10 Å². The Morgan fingerprint density at radius 3 is 1.13 bits per heavy atom. The van der Waals surface area contributed by atoms with E-state index in [2.05, 4.69) is 38.2 Å². The third-order valence-corrected chi connectivity index (χ3v) is 13.6. The van der Waals surface area contributed by atoms with Crippen LogP contribution in [0.3, 0.4) is 0 Å². The summed E-state index contributed by atoms with van der Waals surface area (Å²) in [4.78, 5) is 37.2. The molecule has 0 aromatic carbocycles. The number of hydrogen-bond donors (Lipinski definition) is 0. The minimum atomic E-state index is -1.12. The zero-order valence-electron chi connectivity index (χ0n) is 45.8. The number of quaternary nitrogens is 1. The molecule has 0 aliphatic carbocycles. The topological polar surface area (TPSA) is 102 Å². The van der Waals surface area contributed by atoms with Gasteiger partial charge in [-0.25, -0.2) is 0 Å². The van der Waals surface area contributed by atoms with Crippen molar-refractivity contribution >= 4 is 17.9 Å². The summed E-state index contributed by atoms with van der Waals surface area (Å²) in [5.41, 5.74) is 0. The van der Waals surface area contributed by atoms with Gasteiger partial charge in [0.25, 0.3) is 0 Å². The zero-order valence-corrected chi connectivity index (χ0v) is 45.8. The second kappa shape index (κ2) is 51.2. The average molecular weight is 961 g/mol. The summed E-state index contributed by atoms with van der Waals surface area (Å²) in [6.07, 6.45) is 60.8. The second-order valence-corrected chi connectivity index (χ2v) is 21.2. The Kier molecular flexibility index (Phi) is 49.5. The van der Waals surface area contributed by atoms with Gasteiger partial charge in [0.1, 0.15) is 12.6 Å². The minimum Gasteiger partial charge on any atom is -0.544 e. The Morgan fingerprint density at radius 2 is 0.779 bits per heavy atom. The van der Waals surface area contributed by atoms with Crippen LogP contribution in [0, 0.1) is 0 Å². The van der Waals surface area contributed by atoms with Gasteiger partial charge in [0.05, 0.1) is 40.3 Å². The maximum atomic E-state index is 12.8. The molecule has 0 amide bonds. The number of allylic oxidation sites excluding steroid dienone is 4. The maximum Gasteiger partial charge on any atom is 0.306 e. The van der Waals surface area contributed by atoms with Gasteiger partial charge < -0.3 is 28.6 Å². The highest BCUT2D eigenvalue weighted by atomic mass is 16.6. The molecule has 0 aromatic rings. The Bertz CT molecular complexity index is 1160. The van der Waals surface area contributed by atoms with E-state index in [0.29, 0.717) is 12.8 Å². The molecule has 0 saturated heterocycles. The van der Waals surface area contributed by atoms with Crippen molar-refractivity contribution in [1.82, 2.24) is 0 Å². The average Bonchev–Trinajstić information content (AvgIpc) is 3.30. The van der Waals surface area contributed by atoms with Gasteiger partial charge in [0.2, 0.25) is 0 Å². The Hall–Kier alpha value is -2.19. The van der Waals surface area contributed by atoms with E-state index in [0.717, 1.165) is 51.4 Å². The molecule has 0 aliphatic rings. The highest BCUT2D eigenvalue weighted by Gasteiger charge is 2.25. The van der Waals surface area contributed by atoms with Crippen molar-refractivity contribution in [3.8, 4) is 0 Å². The van der Waals surface area contributed by atoms with E-state index >= 15 is 0 Å². The van der Waals surface area contributed by atoms with Crippen LogP contribution in [0.25, 0.3) is 0 Å². The molecule has 8 nitrogen and oxygen atoms in total. The molecule has 0 fully saturated rings. The summed E-state index contributed by atoms with van der Waals surface area (Å²) in [7, 11) is 5.43. The van der Waals surface area contributed by atoms with Gasteiger partial charge in [0, 0.05) is 19.3 Å². The normalized spacial score (nSPS) is 12.9. The van der Waals surface area contributed by atoms with E-state index in [1.807, 2.05) is 21.1 Å². The fourth-order valence-electron chi connectivity index (χ4n) is 9.05. The summed E-state index contributed by atoms with van der Waals surface area (Å²) in [6, 6.07) is -0.725. The third kappa shape index (κ3) is 48.8. The lowest BCUT2D eigenvalue weighted by molar-refractivity contribution is -0.889. The van der Waals surface area contributed by atoms with Crippen molar-refractivity contribution in [2.45, 2.75) is 302 Å². The van der Waals surface area contributed by atoms with Crippen LogP contribution < -0.4 is 5.11 Å². The zero-order chi connectivity index (χ0) is 49.9. The number of carbonyl (C=O) groups excluding carboxylic acids is 3. The number of nitrogens with zero attached hydrogens (tertiary/aromatic N) is 1. The maximum absolute atomic E-state index is 12.8. The summed E-state index contributed by atoms with van der Waals surface area (Å²) in [5, 5.41) is 11.7. The first-order chi connectivity index (χ1) is 33.1. The van der Waals surface area contributed by atoms with Crippen molar-refractivity contribution in [1.29, 1.82) is 0 Å². The van der Waals surface area contributed by atoms with Crippen molar-refractivity contribution < 1.29 is 38.2 Å². The van der Waals surface area contributed by atoms with Crippen molar-refractivity contribution in [2.24, 2.45) is 0 Å². The summed E-state index contributed by atoms with van der Waals surface area (Å²) in [5.74, 6) is -1.72. The predicted octanol–water partition coefficient (Wildman–Crippen LogP) is 16.2. The summed E-state index contributed by atoms with van der Waals surface area (Å²) >= 11 is 0. The van der Waals surface area contributed by atoms with Crippen LogP contribution in [0.5, 0.6) is 0 Å². The highest BCUT2D eigenvalue weighted by Crippen LogP contribution is 2.17. The van der Waals surface area contributed by atoms with E-state index < -0.39 is 18.1 Å². The molecule has 2 unspecified atom stereocenters. The van der Waals surface area contributed by atoms with Crippen LogP contribution in [0.2, 0.25) is 0 Å². The number of unbranched alkanes of at least 4 members (excludes halogenated alkanes) is 36. The Labute approximate surface area is 421 Å². The van der Waals surface area contributed by atoms with Crippen molar-refractivity contribution in [2.75, 3.05) is 41.0 Å². The first-order valence-corrected chi connectivity index (χ1v) is 29.4. The molecule has 0 spiro atoms. The molecule has 0 saturated carbocycles. The minimum absolute atomic E-state index is 0.0432.